The Balaban J connectivity index is 1.69. The molecule has 2 bridgehead atoms. The molecular weight excluding hydrogens is 534 g/mol. The molecule has 2 N–H and O–H groups in total. The van der Waals surface area contributed by atoms with Crippen molar-refractivity contribution in [3.8, 4) is 11.4 Å². The molecule has 1 spiro atoms. The van der Waals surface area contributed by atoms with Gasteiger partial charge in [0.25, 0.3) is 5.56 Å². The molecule has 1 aromatic carbocycles. The van der Waals surface area contributed by atoms with E-state index in [0.29, 0.717) is 28.3 Å². The van der Waals surface area contributed by atoms with Crippen molar-refractivity contribution in [2.75, 3.05) is 20.5 Å². The number of rotatable bonds is 7. The molecule has 0 aliphatic heterocycles. The number of aromatic amines is 1. The van der Waals surface area contributed by atoms with E-state index >= 15 is 0 Å². The summed E-state index contributed by atoms with van der Waals surface area (Å²) in [7, 11) is -0.584. The zero-order valence-corrected chi connectivity index (χ0v) is 23.7. The molecule has 3 unspecified atom stereocenters. The van der Waals surface area contributed by atoms with Gasteiger partial charge in [0.05, 0.1) is 31.6 Å². The van der Waals surface area contributed by atoms with E-state index in [1.54, 1.807) is 32.1 Å². The van der Waals surface area contributed by atoms with Crippen molar-refractivity contribution in [2.45, 2.75) is 25.7 Å². The summed E-state index contributed by atoms with van der Waals surface area (Å²) in [5.41, 5.74) is 0.328. The number of allylic oxidation sites excluding steroid dienone is 7. The number of H-pyrrole nitrogens is 1. The van der Waals surface area contributed by atoms with Gasteiger partial charge in [-0.05, 0) is 62.0 Å². The minimum absolute atomic E-state index is 0.147. The van der Waals surface area contributed by atoms with Gasteiger partial charge in [0.1, 0.15) is 5.75 Å². The number of hydrogen-bond donors (Lipinski definition) is 2. The SMILES string of the molecule is COC(=O)C(C)(C)c1cc(-n2ccc(=O)[nH]c2=O)cc(C2=CC3CC4(C=C2)C=C(NS(C)(=O)=O)C=CC34)c1OC. The molecule has 0 saturated heterocycles. The lowest BCUT2D eigenvalue weighted by molar-refractivity contribution is -0.146. The first-order chi connectivity index (χ1) is 18.8. The normalized spacial score (nSPS) is 23.2. The van der Waals surface area contributed by atoms with Crippen LogP contribution in [0.4, 0.5) is 0 Å². The van der Waals surface area contributed by atoms with Gasteiger partial charge < -0.3 is 9.47 Å². The largest absolute Gasteiger partial charge is 0.496 e. The summed E-state index contributed by atoms with van der Waals surface area (Å²) in [5.74, 6) is 0.283. The second-order valence-electron chi connectivity index (χ2n) is 11.0. The third-order valence-corrected chi connectivity index (χ3v) is 8.52. The van der Waals surface area contributed by atoms with Crippen LogP contribution < -0.4 is 20.7 Å². The van der Waals surface area contributed by atoms with Crippen LogP contribution in [0, 0.1) is 17.3 Å². The molecule has 0 radical (unpaired) electrons. The summed E-state index contributed by atoms with van der Waals surface area (Å²) in [4.78, 5) is 39.6. The van der Waals surface area contributed by atoms with Gasteiger partial charge in [-0.15, -0.1) is 0 Å². The first-order valence-electron chi connectivity index (χ1n) is 12.7. The number of methoxy groups -OCH3 is 2. The summed E-state index contributed by atoms with van der Waals surface area (Å²) >= 11 is 0. The molecule has 1 fully saturated rings. The van der Waals surface area contributed by atoms with Crippen LogP contribution in [0.15, 0.2) is 76.1 Å². The van der Waals surface area contributed by atoms with Crippen LogP contribution in [0.25, 0.3) is 11.3 Å². The first-order valence-corrected chi connectivity index (χ1v) is 14.6. The van der Waals surface area contributed by atoms with Crippen molar-refractivity contribution < 1.29 is 22.7 Å². The molecule has 3 atom stereocenters. The van der Waals surface area contributed by atoms with Crippen molar-refractivity contribution in [3.63, 3.8) is 0 Å². The predicted molar refractivity (Wildman–Crippen MR) is 151 cm³/mol. The number of benzene rings is 1. The fourth-order valence-electron chi connectivity index (χ4n) is 5.95. The lowest BCUT2D eigenvalue weighted by atomic mass is 9.52. The molecule has 0 amide bonds. The van der Waals surface area contributed by atoms with Crippen molar-refractivity contribution in [1.82, 2.24) is 14.3 Å². The van der Waals surface area contributed by atoms with Gasteiger partial charge in [-0.1, -0.05) is 24.3 Å². The van der Waals surface area contributed by atoms with Crippen LogP contribution in [0.2, 0.25) is 0 Å². The number of ether oxygens (including phenoxy) is 2. The van der Waals surface area contributed by atoms with E-state index in [1.165, 1.54) is 31.0 Å². The Morgan fingerprint density at radius 1 is 1.20 bits per heavy atom. The van der Waals surface area contributed by atoms with Gasteiger partial charge in [0.15, 0.2) is 0 Å². The van der Waals surface area contributed by atoms with Crippen molar-refractivity contribution in [1.29, 1.82) is 0 Å². The minimum Gasteiger partial charge on any atom is -0.496 e. The molecule has 210 valence electrons. The van der Waals surface area contributed by atoms with E-state index in [4.69, 9.17) is 9.47 Å². The molecule has 3 aliphatic rings. The number of nitrogens with one attached hydrogen (secondary N) is 2. The summed E-state index contributed by atoms with van der Waals surface area (Å²) < 4.78 is 38.5. The predicted octanol–water partition coefficient (Wildman–Crippen LogP) is 2.56. The van der Waals surface area contributed by atoms with Crippen LogP contribution in [-0.4, -0.2) is 44.4 Å². The number of carbonyl (C=O) groups excluding carboxylic acids is 1. The highest BCUT2D eigenvalue weighted by Gasteiger charge is 2.51. The number of hydrogen-bond acceptors (Lipinski definition) is 7. The van der Waals surface area contributed by atoms with E-state index in [9.17, 15) is 22.8 Å². The quantitative estimate of drug-likeness (QED) is 0.493. The Bertz CT molecular complexity index is 1760. The molecule has 40 heavy (non-hydrogen) atoms. The Kier molecular flexibility index (Phi) is 6.53. The van der Waals surface area contributed by atoms with Crippen molar-refractivity contribution in [2.24, 2.45) is 17.3 Å². The topological polar surface area (TPSA) is 137 Å². The van der Waals surface area contributed by atoms with Gasteiger partial charge >= 0.3 is 11.7 Å². The van der Waals surface area contributed by atoms with Crippen molar-refractivity contribution >= 4 is 21.6 Å². The molecular formula is C29H31N3O7S. The molecule has 5 rings (SSSR count). The van der Waals surface area contributed by atoms with Gasteiger partial charge in [-0.3, -0.25) is 23.9 Å². The number of aromatic nitrogens is 2. The lowest BCUT2D eigenvalue weighted by Gasteiger charge is -2.51. The highest BCUT2D eigenvalue weighted by molar-refractivity contribution is 7.88. The van der Waals surface area contributed by atoms with Crippen LogP contribution in [0.5, 0.6) is 5.75 Å². The standard InChI is InChI=1S/C29H31N3O7S/c1-28(2,26(34)39-4)23-14-20(32-11-9-24(33)30-27(32)35)13-21(25(23)38-3)17-8-10-29-15-18(12-17)22(29)7-6-19(16-29)31-40(5,36)37/h6-14,16,18,22,31H,15H2,1-5H3,(H,30,33,35). The second kappa shape index (κ2) is 9.51. The molecule has 1 aromatic heterocycles. The van der Waals surface area contributed by atoms with Crippen LogP contribution in [-0.2, 0) is 25.0 Å². The number of fused-ring (bicyclic) bond motifs is 2. The third kappa shape index (κ3) is 4.64. The highest BCUT2D eigenvalue weighted by atomic mass is 32.2. The molecule has 1 heterocycles. The average molecular weight is 566 g/mol. The number of carbonyl (C=O) groups is 1. The molecule has 1 saturated carbocycles. The highest BCUT2D eigenvalue weighted by Crippen LogP contribution is 2.59. The van der Waals surface area contributed by atoms with Crippen molar-refractivity contribution in [3.05, 3.63) is 98.5 Å². The van der Waals surface area contributed by atoms with E-state index in [-0.39, 0.29) is 17.3 Å². The molecule has 2 aromatic rings. The molecule has 3 aliphatic carbocycles. The Morgan fingerprint density at radius 3 is 2.60 bits per heavy atom. The second-order valence-corrected chi connectivity index (χ2v) is 12.7. The number of sulfonamides is 1. The Labute approximate surface area is 231 Å². The smallest absolute Gasteiger partial charge is 0.332 e. The number of nitrogens with zero attached hydrogens (tertiary/aromatic N) is 1. The lowest BCUT2D eigenvalue weighted by Crippen LogP contribution is -2.45. The van der Waals surface area contributed by atoms with E-state index < -0.39 is 32.7 Å². The van der Waals surface area contributed by atoms with Gasteiger partial charge in [0, 0.05) is 34.5 Å². The fourth-order valence-corrected chi connectivity index (χ4v) is 6.50. The summed E-state index contributed by atoms with van der Waals surface area (Å²) in [6, 6.07) is 4.73. The van der Waals surface area contributed by atoms with E-state index in [1.807, 2.05) is 18.2 Å². The summed E-state index contributed by atoms with van der Waals surface area (Å²) in [6.07, 6.45) is 15.3. The number of esters is 1. The zero-order valence-electron chi connectivity index (χ0n) is 22.8. The summed E-state index contributed by atoms with van der Waals surface area (Å²) in [6.45, 7) is 3.43. The van der Waals surface area contributed by atoms with E-state index in [2.05, 4.69) is 21.9 Å². The molecule has 10 nitrogen and oxygen atoms in total. The maximum Gasteiger partial charge on any atom is 0.332 e. The Morgan fingerprint density at radius 2 is 1.95 bits per heavy atom. The van der Waals surface area contributed by atoms with Gasteiger partial charge in [-0.25, -0.2) is 13.2 Å². The van der Waals surface area contributed by atoms with Crippen LogP contribution >= 0.6 is 0 Å². The van der Waals surface area contributed by atoms with E-state index in [0.717, 1.165) is 18.2 Å². The minimum atomic E-state index is -3.42. The maximum absolute atomic E-state index is 12.9. The van der Waals surface area contributed by atoms with Crippen LogP contribution in [0.3, 0.4) is 0 Å². The monoisotopic (exact) mass is 565 g/mol. The van der Waals surface area contributed by atoms with Gasteiger partial charge in [-0.2, -0.15) is 0 Å². The van der Waals surface area contributed by atoms with Gasteiger partial charge in [0.2, 0.25) is 10.0 Å². The first kappa shape index (κ1) is 27.4. The summed E-state index contributed by atoms with van der Waals surface area (Å²) in [5, 5.41) is 0. The van der Waals surface area contributed by atoms with Crippen LogP contribution in [0.1, 0.15) is 31.4 Å². The fraction of sp³-hybridized carbons (Fsp3) is 0.345. The average Bonchev–Trinajstić information content (AvgIpc) is 3.15. The Hall–Kier alpha value is -4.12. The third-order valence-electron chi connectivity index (χ3n) is 7.91. The molecule has 11 heteroatoms. The zero-order chi connectivity index (χ0) is 29.0. The maximum atomic E-state index is 12.9.